The Kier molecular flexibility index (Phi) is 4.01. The van der Waals surface area contributed by atoms with Crippen LogP contribution in [0.2, 0.25) is 0 Å². The van der Waals surface area contributed by atoms with Gasteiger partial charge in [-0.2, -0.15) is 4.31 Å². The zero-order valence-electron chi connectivity index (χ0n) is 15.7. The van der Waals surface area contributed by atoms with Gasteiger partial charge in [0.1, 0.15) is 0 Å². The van der Waals surface area contributed by atoms with Crippen LogP contribution in [0.5, 0.6) is 0 Å². The first-order valence-electron chi connectivity index (χ1n) is 9.62. The van der Waals surface area contributed by atoms with E-state index in [0.29, 0.717) is 25.2 Å². The second kappa shape index (κ2) is 6.23. The Hall–Kier alpha value is -2.03. The Labute approximate surface area is 164 Å². The molecule has 0 unspecified atom stereocenters. The number of aromatic nitrogens is 1. The van der Waals surface area contributed by atoms with Gasteiger partial charge in [-0.3, -0.25) is 9.78 Å². The third-order valence-electron chi connectivity index (χ3n) is 6.57. The van der Waals surface area contributed by atoms with Gasteiger partial charge in [-0.25, -0.2) is 8.42 Å². The number of ether oxygens (including phenoxy) is 1. The molecule has 3 aliphatic rings. The lowest BCUT2D eigenvalue weighted by molar-refractivity contribution is 0.00801. The Morgan fingerprint density at radius 1 is 1.39 bits per heavy atom. The lowest BCUT2D eigenvalue weighted by atomic mass is 9.73. The molecule has 2 bridgehead atoms. The number of benzene rings is 1. The minimum Gasteiger partial charge on any atom is -0.370 e. The van der Waals surface area contributed by atoms with E-state index in [-0.39, 0.29) is 29.4 Å². The Morgan fingerprint density at radius 3 is 3.04 bits per heavy atom. The summed E-state index contributed by atoms with van der Waals surface area (Å²) in [4.78, 5) is 17.0. The van der Waals surface area contributed by atoms with E-state index in [1.165, 1.54) is 10.6 Å². The third kappa shape index (κ3) is 2.82. The molecule has 28 heavy (non-hydrogen) atoms. The number of carbonyl (C=O) groups is 1. The van der Waals surface area contributed by atoms with Crippen LogP contribution in [0, 0.1) is 11.8 Å². The number of nitrogens with zero attached hydrogens (tertiary/aromatic N) is 2. The van der Waals surface area contributed by atoms with E-state index < -0.39 is 10.0 Å². The highest BCUT2D eigenvalue weighted by molar-refractivity contribution is 7.88. The average molecular weight is 401 g/mol. The molecule has 4 atom stereocenters. The molecular weight excluding hydrogens is 378 g/mol. The maximum absolute atomic E-state index is 12.7. The summed E-state index contributed by atoms with van der Waals surface area (Å²) in [6, 6.07) is 9.53. The van der Waals surface area contributed by atoms with E-state index in [1.807, 2.05) is 30.3 Å². The van der Waals surface area contributed by atoms with Crippen LogP contribution in [0.15, 0.2) is 36.5 Å². The minimum absolute atomic E-state index is 0.0988. The zero-order chi connectivity index (χ0) is 19.5. The molecule has 1 aromatic heterocycles. The molecule has 1 amide bonds. The summed E-state index contributed by atoms with van der Waals surface area (Å²) in [6.45, 7) is 1.40. The lowest BCUT2D eigenvalue weighted by Crippen LogP contribution is -2.41. The fourth-order valence-corrected chi connectivity index (χ4v) is 6.07. The van der Waals surface area contributed by atoms with Gasteiger partial charge in [0.25, 0.3) is 5.91 Å². The molecule has 4 heterocycles. The molecule has 3 fully saturated rings. The Bertz CT molecular complexity index is 1060. The van der Waals surface area contributed by atoms with Crippen molar-refractivity contribution in [2.75, 3.05) is 25.9 Å². The molecule has 1 aromatic carbocycles. The van der Waals surface area contributed by atoms with Crippen molar-refractivity contribution in [1.29, 1.82) is 0 Å². The topological polar surface area (TPSA) is 88.6 Å². The van der Waals surface area contributed by atoms with Gasteiger partial charge in [-0.15, -0.1) is 0 Å². The quantitative estimate of drug-likeness (QED) is 0.837. The highest BCUT2D eigenvalue weighted by Crippen LogP contribution is 2.55. The number of hydrogen-bond donors (Lipinski definition) is 1. The fraction of sp³-hybridized carbons (Fsp3) is 0.500. The summed E-state index contributed by atoms with van der Waals surface area (Å²) in [7, 11) is -3.24. The van der Waals surface area contributed by atoms with Crippen molar-refractivity contribution in [2.45, 2.75) is 24.5 Å². The van der Waals surface area contributed by atoms with Crippen molar-refractivity contribution < 1.29 is 17.9 Å². The van der Waals surface area contributed by atoms with Crippen molar-refractivity contribution in [1.82, 2.24) is 14.6 Å². The molecule has 1 N–H and O–H groups in total. The maximum atomic E-state index is 12.7. The molecule has 8 heteroatoms. The van der Waals surface area contributed by atoms with E-state index in [2.05, 4.69) is 10.3 Å². The average Bonchev–Trinajstić information content (AvgIpc) is 3.34. The van der Waals surface area contributed by atoms with Crippen molar-refractivity contribution in [3.8, 4) is 0 Å². The number of nitrogens with one attached hydrogen (secondary N) is 1. The van der Waals surface area contributed by atoms with Crippen LogP contribution in [0.4, 0.5) is 0 Å². The molecule has 0 aliphatic carbocycles. The van der Waals surface area contributed by atoms with E-state index in [1.54, 1.807) is 6.20 Å². The summed E-state index contributed by atoms with van der Waals surface area (Å²) >= 11 is 0. The van der Waals surface area contributed by atoms with Crippen molar-refractivity contribution in [3.05, 3.63) is 42.1 Å². The van der Waals surface area contributed by atoms with E-state index >= 15 is 0 Å². The van der Waals surface area contributed by atoms with E-state index in [4.69, 9.17) is 4.74 Å². The summed E-state index contributed by atoms with van der Waals surface area (Å²) in [5, 5.41) is 3.95. The largest absolute Gasteiger partial charge is 0.370 e. The van der Waals surface area contributed by atoms with Gasteiger partial charge in [0.2, 0.25) is 10.0 Å². The van der Waals surface area contributed by atoms with E-state index in [9.17, 15) is 13.2 Å². The molecule has 5 rings (SSSR count). The van der Waals surface area contributed by atoms with Gasteiger partial charge >= 0.3 is 0 Å². The number of sulfonamides is 1. The van der Waals surface area contributed by atoms with Gasteiger partial charge < -0.3 is 10.1 Å². The van der Waals surface area contributed by atoms with E-state index in [0.717, 1.165) is 23.7 Å². The second-order valence-corrected chi connectivity index (χ2v) is 10.2. The minimum atomic E-state index is -3.24. The molecule has 3 saturated heterocycles. The lowest BCUT2D eigenvalue weighted by Gasteiger charge is -2.29. The first kappa shape index (κ1) is 18.0. The van der Waals surface area contributed by atoms with Crippen molar-refractivity contribution in [2.24, 2.45) is 11.8 Å². The van der Waals surface area contributed by atoms with Crippen LogP contribution in [-0.2, 0) is 14.8 Å². The standard InChI is InChI=1S/C20H23N3O4S/c1-28(25,26)23-11-16-15(18-6-7-20(16,12-23)27-18)10-22-19(24)14-8-13-4-2-3-5-17(13)21-9-14/h2-5,8-9,15-16,18H,6-7,10-12H2,1H3,(H,22,24)/t15-,16+,18+,20+/m0/s1. The smallest absolute Gasteiger partial charge is 0.252 e. The number of hydrogen-bond acceptors (Lipinski definition) is 5. The van der Waals surface area contributed by atoms with Gasteiger partial charge in [0.15, 0.2) is 0 Å². The van der Waals surface area contributed by atoms with Crippen molar-refractivity contribution in [3.63, 3.8) is 0 Å². The van der Waals surface area contributed by atoms with Crippen LogP contribution < -0.4 is 5.32 Å². The predicted molar refractivity (Wildman–Crippen MR) is 104 cm³/mol. The molecule has 2 aromatic rings. The molecule has 1 spiro atoms. The molecule has 0 radical (unpaired) electrons. The molecule has 7 nitrogen and oxygen atoms in total. The maximum Gasteiger partial charge on any atom is 0.252 e. The molecule has 0 saturated carbocycles. The summed E-state index contributed by atoms with van der Waals surface area (Å²) in [5.41, 5.74) is 1.02. The first-order chi connectivity index (χ1) is 13.4. The molecular formula is C20H23N3O4S. The zero-order valence-corrected chi connectivity index (χ0v) is 16.5. The highest BCUT2D eigenvalue weighted by atomic mass is 32.2. The summed E-state index contributed by atoms with van der Waals surface area (Å²) < 4.78 is 31.8. The summed E-state index contributed by atoms with van der Waals surface area (Å²) in [5.74, 6) is 0.113. The van der Waals surface area contributed by atoms with Gasteiger partial charge in [0.05, 0.1) is 29.0 Å². The first-order valence-corrected chi connectivity index (χ1v) is 11.5. The Morgan fingerprint density at radius 2 is 2.21 bits per heavy atom. The van der Waals surface area contributed by atoms with Crippen LogP contribution in [-0.4, -0.2) is 61.2 Å². The number of para-hydroxylation sites is 1. The predicted octanol–water partition coefficient (Wildman–Crippen LogP) is 1.40. The molecule has 3 aliphatic heterocycles. The number of fused-ring (bicyclic) bond motifs is 2. The van der Waals surface area contributed by atoms with Crippen molar-refractivity contribution >= 4 is 26.8 Å². The van der Waals surface area contributed by atoms with Crippen LogP contribution in [0.1, 0.15) is 23.2 Å². The van der Waals surface area contributed by atoms with Gasteiger partial charge in [-0.1, -0.05) is 18.2 Å². The molecule has 148 valence electrons. The Balaban J connectivity index is 1.30. The van der Waals surface area contributed by atoms with Crippen LogP contribution >= 0.6 is 0 Å². The number of carbonyl (C=O) groups excluding carboxylic acids is 1. The fourth-order valence-electron chi connectivity index (χ4n) is 5.18. The monoisotopic (exact) mass is 401 g/mol. The summed E-state index contributed by atoms with van der Waals surface area (Å²) in [6.07, 6.45) is 4.76. The number of rotatable bonds is 4. The van der Waals surface area contributed by atoms with Gasteiger partial charge in [-0.05, 0) is 25.0 Å². The SMILES string of the molecule is CS(=O)(=O)N1C[C@@H]2[C@H](CNC(=O)c3cnc4ccccc4c3)[C@H]3CC[C@]2(C1)O3. The number of amides is 1. The van der Waals surface area contributed by atoms with Gasteiger partial charge in [0, 0.05) is 43.1 Å². The second-order valence-electron chi connectivity index (χ2n) is 8.21. The number of pyridine rings is 1. The normalized spacial score (nSPS) is 32.0. The van der Waals surface area contributed by atoms with Crippen LogP contribution in [0.25, 0.3) is 10.9 Å². The van der Waals surface area contributed by atoms with Crippen LogP contribution in [0.3, 0.4) is 0 Å². The third-order valence-corrected chi connectivity index (χ3v) is 7.79. The highest BCUT2D eigenvalue weighted by Gasteiger charge is 2.63.